The van der Waals surface area contributed by atoms with Crippen molar-refractivity contribution in [3.05, 3.63) is 29.8 Å². The van der Waals surface area contributed by atoms with Crippen molar-refractivity contribution in [2.75, 3.05) is 19.7 Å². The maximum Gasteiger partial charge on any atom is 0.243 e. The summed E-state index contributed by atoms with van der Waals surface area (Å²) >= 11 is 1.84. The summed E-state index contributed by atoms with van der Waals surface area (Å²) in [5, 5.41) is 9.48. The monoisotopic (exact) mass is 329 g/mol. The lowest BCUT2D eigenvalue weighted by Gasteiger charge is -2.33. The number of aliphatic hydroxyl groups is 1. The highest BCUT2D eigenvalue weighted by Crippen LogP contribution is 2.28. The first-order chi connectivity index (χ1) is 9.93. The third-order valence-electron chi connectivity index (χ3n) is 3.57. The summed E-state index contributed by atoms with van der Waals surface area (Å²) in [6.45, 7) is 5.44. The zero-order chi connectivity index (χ0) is 15.5. The van der Waals surface area contributed by atoms with Crippen LogP contribution in [0.3, 0.4) is 0 Å². The molecule has 1 aromatic carbocycles. The fourth-order valence-corrected chi connectivity index (χ4v) is 5.72. The third-order valence-corrected chi connectivity index (χ3v) is 6.64. The van der Waals surface area contributed by atoms with Gasteiger partial charge in [0, 0.05) is 30.2 Å². The van der Waals surface area contributed by atoms with E-state index in [1.807, 2.05) is 23.9 Å². The van der Waals surface area contributed by atoms with Gasteiger partial charge in [-0.3, -0.25) is 0 Å². The molecule has 1 heterocycles. The zero-order valence-electron chi connectivity index (χ0n) is 12.5. The van der Waals surface area contributed by atoms with Crippen molar-refractivity contribution in [3.8, 4) is 0 Å². The van der Waals surface area contributed by atoms with Crippen LogP contribution in [0.4, 0.5) is 0 Å². The number of thioether (sulfide) groups is 1. The molecule has 1 aliphatic heterocycles. The van der Waals surface area contributed by atoms with Crippen molar-refractivity contribution in [3.63, 3.8) is 0 Å². The molecule has 1 N–H and O–H groups in total. The van der Waals surface area contributed by atoms with Crippen LogP contribution in [0, 0.1) is 0 Å². The standard InChI is InChI=1S/C15H23NO3S2/c1-12-10-16(11-13(2)20-12)21(18,19)15-7-5-14(6-8-15)4-3-9-17/h5-8,12-13,17H,3-4,9-11H2,1-2H3. The van der Waals surface area contributed by atoms with Gasteiger partial charge < -0.3 is 5.11 Å². The minimum atomic E-state index is -3.39. The third kappa shape index (κ3) is 4.22. The first kappa shape index (κ1) is 16.8. The molecule has 0 radical (unpaired) electrons. The van der Waals surface area contributed by atoms with E-state index < -0.39 is 10.0 Å². The van der Waals surface area contributed by atoms with E-state index in [1.165, 1.54) is 0 Å². The van der Waals surface area contributed by atoms with Gasteiger partial charge >= 0.3 is 0 Å². The van der Waals surface area contributed by atoms with Gasteiger partial charge in [0.05, 0.1) is 4.90 Å². The second-order valence-corrected chi connectivity index (χ2v) is 9.37. The summed E-state index contributed by atoms with van der Waals surface area (Å²) in [7, 11) is -3.39. The lowest BCUT2D eigenvalue weighted by Crippen LogP contribution is -2.43. The predicted molar refractivity (Wildman–Crippen MR) is 87.1 cm³/mol. The van der Waals surface area contributed by atoms with Crippen LogP contribution in [0.15, 0.2) is 29.2 Å². The maximum atomic E-state index is 12.7. The number of hydrogen-bond donors (Lipinski definition) is 1. The minimum Gasteiger partial charge on any atom is -0.396 e. The predicted octanol–water partition coefficient (Wildman–Crippen LogP) is 2.13. The van der Waals surface area contributed by atoms with Gasteiger partial charge in [-0.05, 0) is 30.5 Å². The normalized spacial score (nSPS) is 24.1. The van der Waals surface area contributed by atoms with Crippen LogP contribution in [0.5, 0.6) is 0 Å². The average Bonchev–Trinajstić information content (AvgIpc) is 2.44. The summed E-state index contributed by atoms with van der Waals surface area (Å²) in [5.74, 6) is 0. The number of nitrogens with zero attached hydrogens (tertiary/aromatic N) is 1. The Balaban J connectivity index is 2.15. The van der Waals surface area contributed by atoms with E-state index in [1.54, 1.807) is 16.4 Å². The van der Waals surface area contributed by atoms with Gasteiger partial charge in [0.15, 0.2) is 0 Å². The molecular formula is C15H23NO3S2. The highest BCUT2D eigenvalue weighted by molar-refractivity contribution is 8.00. The first-order valence-electron chi connectivity index (χ1n) is 7.29. The number of aliphatic hydroxyl groups excluding tert-OH is 1. The van der Waals surface area contributed by atoms with Gasteiger partial charge in [-0.2, -0.15) is 16.1 Å². The van der Waals surface area contributed by atoms with Crippen LogP contribution >= 0.6 is 11.8 Å². The van der Waals surface area contributed by atoms with Gasteiger partial charge in [0.25, 0.3) is 0 Å². The van der Waals surface area contributed by atoms with Crippen molar-refractivity contribution in [2.45, 2.75) is 42.1 Å². The minimum absolute atomic E-state index is 0.154. The molecule has 118 valence electrons. The van der Waals surface area contributed by atoms with Crippen LogP contribution < -0.4 is 0 Å². The summed E-state index contributed by atoms with van der Waals surface area (Å²) in [6.07, 6.45) is 1.47. The van der Waals surface area contributed by atoms with Gasteiger partial charge in [0.2, 0.25) is 10.0 Å². The first-order valence-corrected chi connectivity index (χ1v) is 9.67. The second-order valence-electron chi connectivity index (χ2n) is 5.55. The van der Waals surface area contributed by atoms with Crippen LogP contribution in [0.1, 0.15) is 25.8 Å². The van der Waals surface area contributed by atoms with E-state index >= 15 is 0 Å². The van der Waals surface area contributed by atoms with E-state index in [-0.39, 0.29) is 6.61 Å². The Morgan fingerprint density at radius 1 is 1.19 bits per heavy atom. The molecule has 21 heavy (non-hydrogen) atoms. The highest BCUT2D eigenvalue weighted by atomic mass is 32.2. The zero-order valence-corrected chi connectivity index (χ0v) is 14.2. The molecule has 0 saturated carbocycles. The SMILES string of the molecule is CC1CN(S(=O)(=O)c2ccc(CCCO)cc2)CC(C)S1. The number of aryl methyl sites for hydroxylation is 1. The largest absolute Gasteiger partial charge is 0.396 e. The Kier molecular flexibility index (Phi) is 5.71. The number of benzene rings is 1. The molecule has 6 heteroatoms. The lowest BCUT2D eigenvalue weighted by molar-refractivity contribution is 0.288. The molecule has 1 aliphatic rings. The highest BCUT2D eigenvalue weighted by Gasteiger charge is 2.31. The fraction of sp³-hybridized carbons (Fsp3) is 0.600. The molecule has 0 bridgehead atoms. The Bertz CT molecular complexity index is 547. The van der Waals surface area contributed by atoms with E-state index in [0.29, 0.717) is 34.9 Å². The molecule has 0 spiro atoms. The topological polar surface area (TPSA) is 57.6 Å². The van der Waals surface area contributed by atoms with Crippen LogP contribution in [0.2, 0.25) is 0 Å². The fourth-order valence-electron chi connectivity index (χ4n) is 2.59. The quantitative estimate of drug-likeness (QED) is 0.899. The van der Waals surface area contributed by atoms with E-state index in [9.17, 15) is 8.42 Å². The lowest BCUT2D eigenvalue weighted by atomic mass is 10.1. The Labute approximate surface area is 131 Å². The molecule has 2 atom stereocenters. The van der Waals surface area contributed by atoms with E-state index in [2.05, 4.69) is 13.8 Å². The van der Waals surface area contributed by atoms with Crippen LogP contribution in [-0.4, -0.2) is 48.0 Å². The summed E-state index contributed by atoms with van der Waals surface area (Å²) in [4.78, 5) is 0.363. The smallest absolute Gasteiger partial charge is 0.243 e. The van der Waals surface area contributed by atoms with Crippen molar-refractivity contribution < 1.29 is 13.5 Å². The molecule has 1 saturated heterocycles. The summed E-state index contributed by atoms with van der Waals surface area (Å²) in [5.41, 5.74) is 1.05. The molecular weight excluding hydrogens is 306 g/mol. The molecule has 1 fully saturated rings. The van der Waals surface area contributed by atoms with Gasteiger partial charge in [-0.25, -0.2) is 8.42 Å². The number of hydrogen-bond acceptors (Lipinski definition) is 4. The maximum absolute atomic E-state index is 12.7. The van der Waals surface area contributed by atoms with Gasteiger partial charge in [-0.15, -0.1) is 0 Å². The summed E-state index contributed by atoms with van der Waals surface area (Å²) < 4.78 is 27.0. The van der Waals surface area contributed by atoms with Crippen molar-refractivity contribution in [1.82, 2.24) is 4.31 Å². The van der Waals surface area contributed by atoms with Gasteiger partial charge in [0.1, 0.15) is 0 Å². The Hall–Kier alpha value is -0.560. The van der Waals surface area contributed by atoms with Crippen molar-refractivity contribution in [1.29, 1.82) is 0 Å². The number of rotatable bonds is 5. The average molecular weight is 329 g/mol. The van der Waals surface area contributed by atoms with Crippen LogP contribution in [-0.2, 0) is 16.4 Å². The van der Waals surface area contributed by atoms with E-state index in [4.69, 9.17) is 5.11 Å². The number of sulfonamides is 1. The van der Waals surface area contributed by atoms with Crippen molar-refractivity contribution in [2.24, 2.45) is 0 Å². The molecule has 0 amide bonds. The van der Waals surface area contributed by atoms with E-state index in [0.717, 1.165) is 12.0 Å². The Morgan fingerprint density at radius 3 is 2.29 bits per heavy atom. The van der Waals surface area contributed by atoms with Crippen molar-refractivity contribution >= 4 is 21.8 Å². The van der Waals surface area contributed by atoms with Gasteiger partial charge in [-0.1, -0.05) is 26.0 Å². The molecule has 4 nitrogen and oxygen atoms in total. The van der Waals surface area contributed by atoms with Crippen LogP contribution in [0.25, 0.3) is 0 Å². The molecule has 1 aromatic rings. The molecule has 2 rings (SSSR count). The summed E-state index contributed by atoms with van der Waals surface area (Å²) in [6, 6.07) is 7.04. The Morgan fingerprint density at radius 2 is 1.76 bits per heavy atom. The molecule has 0 aliphatic carbocycles. The second kappa shape index (κ2) is 7.13. The molecule has 0 aromatic heterocycles. The molecule has 2 unspecified atom stereocenters.